The van der Waals surface area contributed by atoms with Crippen LogP contribution >= 0.6 is 0 Å². The number of rotatable bonds is 10. The van der Waals surface area contributed by atoms with Crippen LogP contribution in [0, 0.1) is 0 Å². The molecular weight excluding hydrogens is 284 g/mol. The van der Waals surface area contributed by atoms with Gasteiger partial charge in [-0.15, -0.1) is 0 Å². The zero-order valence-electron chi connectivity index (χ0n) is 13.7. The minimum atomic E-state index is 0.149. The Morgan fingerprint density at radius 3 is 1.43 bits per heavy atom. The second-order valence-corrected chi connectivity index (χ2v) is 6.09. The molecular formula is C20H28N2O. The van der Waals surface area contributed by atoms with Gasteiger partial charge in [0.2, 0.25) is 0 Å². The summed E-state index contributed by atoms with van der Waals surface area (Å²) in [6.45, 7) is 1.40. The molecule has 2 aromatic rings. The predicted octanol–water partition coefficient (Wildman–Crippen LogP) is 2.92. The summed E-state index contributed by atoms with van der Waals surface area (Å²) in [5.74, 6) is 0. The fourth-order valence-electron chi connectivity index (χ4n) is 2.61. The minimum Gasteiger partial charge on any atom is -0.381 e. The maximum Gasteiger partial charge on any atom is 0.0480 e. The van der Waals surface area contributed by atoms with E-state index in [0.29, 0.717) is 13.2 Å². The molecule has 0 fully saturated rings. The first-order chi connectivity index (χ1) is 11.2. The second-order valence-electron chi connectivity index (χ2n) is 6.09. The van der Waals surface area contributed by atoms with Crippen LogP contribution in [0.5, 0.6) is 0 Å². The number of hydrogen-bond donors (Lipinski definition) is 2. The molecule has 3 nitrogen and oxygen atoms in total. The largest absolute Gasteiger partial charge is 0.381 e. The monoisotopic (exact) mass is 312 g/mol. The van der Waals surface area contributed by atoms with Crippen molar-refractivity contribution >= 4 is 0 Å². The molecule has 0 aliphatic heterocycles. The third-order valence-corrected chi connectivity index (χ3v) is 3.95. The average Bonchev–Trinajstić information content (AvgIpc) is 2.56. The first kappa shape index (κ1) is 17.7. The SMILES string of the molecule is NC(CCOCCC(N)Cc1ccccc1)Cc1ccccc1. The molecule has 0 heterocycles. The smallest absolute Gasteiger partial charge is 0.0480 e. The summed E-state index contributed by atoms with van der Waals surface area (Å²) >= 11 is 0. The highest BCUT2D eigenvalue weighted by molar-refractivity contribution is 5.16. The normalized spacial score (nSPS) is 13.7. The number of ether oxygens (including phenoxy) is 1. The Kier molecular flexibility index (Phi) is 7.81. The topological polar surface area (TPSA) is 61.3 Å². The van der Waals surface area contributed by atoms with Gasteiger partial charge in [-0.1, -0.05) is 60.7 Å². The van der Waals surface area contributed by atoms with Crippen molar-refractivity contribution in [3.8, 4) is 0 Å². The van der Waals surface area contributed by atoms with E-state index >= 15 is 0 Å². The molecule has 0 saturated heterocycles. The van der Waals surface area contributed by atoms with Crippen LogP contribution in [0.15, 0.2) is 60.7 Å². The van der Waals surface area contributed by atoms with Gasteiger partial charge in [0.15, 0.2) is 0 Å². The Bertz CT molecular complexity index is 480. The summed E-state index contributed by atoms with van der Waals surface area (Å²) in [4.78, 5) is 0. The predicted molar refractivity (Wildman–Crippen MR) is 96.3 cm³/mol. The summed E-state index contributed by atoms with van der Waals surface area (Å²) in [5.41, 5.74) is 14.9. The third kappa shape index (κ3) is 7.42. The van der Waals surface area contributed by atoms with Gasteiger partial charge in [0.05, 0.1) is 0 Å². The molecule has 0 spiro atoms. The Morgan fingerprint density at radius 1 is 0.652 bits per heavy atom. The number of benzene rings is 2. The van der Waals surface area contributed by atoms with Crippen molar-refractivity contribution in [2.24, 2.45) is 11.5 Å². The molecule has 2 rings (SSSR count). The van der Waals surface area contributed by atoms with Crippen LogP contribution < -0.4 is 11.5 Å². The van der Waals surface area contributed by atoms with Gasteiger partial charge in [-0.25, -0.2) is 0 Å². The maximum absolute atomic E-state index is 6.15. The molecule has 2 atom stereocenters. The molecule has 4 N–H and O–H groups in total. The van der Waals surface area contributed by atoms with E-state index in [4.69, 9.17) is 16.2 Å². The van der Waals surface area contributed by atoms with Crippen molar-refractivity contribution < 1.29 is 4.74 Å². The lowest BCUT2D eigenvalue weighted by atomic mass is 10.0. The summed E-state index contributed by atoms with van der Waals surface area (Å²) in [6, 6.07) is 21.0. The highest BCUT2D eigenvalue weighted by Gasteiger charge is 2.06. The molecule has 124 valence electrons. The van der Waals surface area contributed by atoms with Gasteiger partial charge in [-0.2, -0.15) is 0 Å². The van der Waals surface area contributed by atoms with Gasteiger partial charge in [-0.05, 0) is 36.8 Å². The summed E-state index contributed by atoms with van der Waals surface area (Å²) < 4.78 is 5.69. The van der Waals surface area contributed by atoms with Gasteiger partial charge >= 0.3 is 0 Å². The molecule has 23 heavy (non-hydrogen) atoms. The molecule has 0 saturated carbocycles. The second kappa shape index (κ2) is 10.2. The fourth-order valence-corrected chi connectivity index (χ4v) is 2.61. The molecule has 0 aromatic heterocycles. The van der Waals surface area contributed by atoms with Crippen LogP contribution in [-0.4, -0.2) is 25.3 Å². The lowest BCUT2D eigenvalue weighted by molar-refractivity contribution is 0.120. The number of hydrogen-bond acceptors (Lipinski definition) is 3. The lowest BCUT2D eigenvalue weighted by Crippen LogP contribution is -2.26. The zero-order valence-corrected chi connectivity index (χ0v) is 13.7. The van der Waals surface area contributed by atoms with Crippen LogP contribution in [0.25, 0.3) is 0 Å². The van der Waals surface area contributed by atoms with E-state index in [0.717, 1.165) is 25.7 Å². The molecule has 0 bridgehead atoms. The molecule has 0 amide bonds. The van der Waals surface area contributed by atoms with Crippen LogP contribution in [0.3, 0.4) is 0 Å². The fraction of sp³-hybridized carbons (Fsp3) is 0.400. The van der Waals surface area contributed by atoms with Gasteiger partial charge in [0.25, 0.3) is 0 Å². The Morgan fingerprint density at radius 2 is 1.04 bits per heavy atom. The molecule has 0 aliphatic rings. The van der Waals surface area contributed by atoms with Gasteiger partial charge in [0, 0.05) is 25.3 Å². The molecule has 2 unspecified atom stereocenters. The van der Waals surface area contributed by atoms with Crippen molar-refractivity contribution in [2.45, 2.75) is 37.8 Å². The maximum atomic E-state index is 6.15. The van der Waals surface area contributed by atoms with Crippen LogP contribution in [-0.2, 0) is 17.6 Å². The first-order valence-corrected chi connectivity index (χ1v) is 8.41. The molecule has 2 aromatic carbocycles. The lowest BCUT2D eigenvalue weighted by Gasteiger charge is -2.14. The minimum absolute atomic E-state index is 0.149. The Balaban J connectivity index is 1.53. The van der Waals surface area contributed by atoms with Crippen molar-refractivity contribution in [3.05, 3.63) is 71.8 Å². The van der Waals surface area contributed by atoms with E-state index in [9.17, 15) is 0 Å². The van der Waals surface area contributed by atoms with E-state index in [1.54, 1.807) is 0 Å². The van der Waals surface area contributed by atoms with E-state index in [-0.39, 0.29) is 12.1 Å². The van der Waals surface area contributed by atoms with E-state index < -0.39 is 0 Å². The summed E-state index contributed by atoms with van der Waals surface area (Å²) in [7, 11) is 0. The van der Waals surface area contributed by atoms with E-state index in [2.05, 4.69) is 24.3 Å². The Labute approximate surface area is 139 Å². The third-order valence-electron chi connectivity index (χ3n) is 3.95. The zero-order chi connectivity index (χ0) is 16.3. The van der Waals surface area contributed by atoms with Crippen molar-refractivity contribution in [1.82, 2.24) is 0 Å². The van der Waals surface area contributed by atoms with E-state index in [1.165, 1.54) is 11.1 Å². The highest BCUT2D eigenvalue weighted by atomic mass is 16.5. The molecule has 0 radical (unpaired) electrons. The quantitative estimate of drug-likeness (QED) is 0.663. The average molecular weight is 312 g/mol. The summed E-state index contributed by atoms with van der Waals surface area (Å²) in [5, 5.41) is 0. The van der Waals surface area contributed by atoms with Crippen LogP contribution in [0.2, 0.25) is 0 Å². The molecule has 3 heteroatoms. The van der Waals surface area contributed by atoms with Crippen molar-refractivity contribution in [3.63, 3.8) is 0 Å². The van der Waals surface area contributed by atoms with Gasteiger partial charge < -0.3 is 16.2 Å². The first-order valence-electron chi connectivity index (χ1n) is 8.41. The van der Waals surface area contributed by atoms with E-state index in [1.807, 2.05) is 36.4 Å². The summed E-state index contributed by atoms with van der Waals surface area (Å²) in [6.07, 6.45) is 3.56. The Hall–Kier alpha value is -1.68. The highest BCUT2D eigenvalue weighted by Crippen LogP contribution is 2.06. The van der Waals surface area contributed by atoms with Crippen LogP contribution in [0.4, 0.5) is 0 Å². The standard InChI is InChI=1S/C20H28N2O/c21-19(15-17-7-3-1-4-8-17)11-13-23-14-12-20(22)16-18-9-5-2-6-10-18/h1-10,19-20H,11-16,21-22H2. The van der Waals surface area contributed by atoms with Crippen molar-refractivity contribution in [2.75, 3.05) is 13.2 Å². The molecule has 0 aliphatic carbocycles. The van der Waals surface area contributed by atoms with Gasteiger partial charge in [-0.3, -0.25) is 0 Å². The van der Waals surface area contributed by atoms with Gasteiger partial charge in [0.1, 0.15) is 0 Å². The number of nitrogens with two attached hydrogens (primary N) is 2. The van der Waals surface area contributed by atoms with Crippen LogP contribution in [0.1, 0.15) is 24.0 Å². The van der Waals surface area contributed by atoms with Crippen molar-refractivity contribution in [1.29, 1.82) is 0 Å².